The molecule has 1 N–H and O–H groups in total. The lowest BCUT2D eigenvalue weighted by atomic mass is 10.0. The van der Waals surface area contributed by atoms with E-state index in [9.17, 15) is 4.79 Å². The van der Waals surface area contributed by atoms with E-state index in [1.807, 2.05) is 42.5 Å². The average Bonchev–Trinajstić information content (AvgIpc) is 3.18. The van der Waals surface area contributed by atoms with Crippen LogP contribution in [-0.4, -0.2) is 16.1 Å². The van der Waals surface area contributed by atoms with Gasteiger partial charge in [0, 0.05) is 5.56 Å². The number of anilines is 1. The molecule has 6 heteroatoms. The number of hydrogen-bond donors (Lipinski definition) is 1. The maximum Gasteiger partial charge on any atom is 0.322 e. The summed E-state index contributed by atoms with van der Waals surface area (Å²) in [6.45, 7) is 0. The Labute approximate surface area is 167 Å². The predicted molar refractivity (Wildman–Crippen MR) is 108 cm³/mol. The zero-order valence-electron chi connectivity index (χ0n) is 14.8. The van der Waals surface area contributed by atoms with Crippen LogP contribution < -0.4 is 5.32 Å². The van der Waals surface area contributed by atoms with E-state index < -0.39 is 0 Å². The van der Waals surface area contributed by atoms with Crippen LogP contribution in [0.3, 0.4) is 0 Å². The van der Waals surface area contributed by atoms with Crippen molar-refractivity contribution in [3.63, 3.8) is 0 Å². The number of carbonyl (C=O) groups excluding carboxylic acids is 1. The van der Waals surface area contributed by atoms with Crippen LogP contribution in [0.1, 0.15) is 21.5 Å². The molecule has 0 saturated carbocycles. The van der Waals surface area contributed by atoms with Gasteiger partial charge in [0.15, 0.2) is 0 Å². The number of aromatic nitrogens is 2. The number of benzene rings is 3. The summed E-state index contributed by atoms with van der Waals surface area (Å²) in [6.07, 6.45) is 0.813. The molecule has 4 rings (SSSR count). The minimum atomic E-state index is -0.319. The zero-order valence-corrected chi connectivity index (χ0v) is 15.6. The number of halogens is 1. The van der Waals surface area contributed by atoms with Gasteiger partial charge in [0.25, 0.3) is 11.8 Å². The van der Waals surface area contributed by atoms with Crippen molar-refractivity contribution in [2.24, 2.45) is 0 Å². The van der Waals surface area contributed by atoms with Crippen LogP contribution in [0.5, 0.6) is 0 Å². The molecule has 5 nitrogen and oxygen atoms in total. The van der Waals surface area contributed by atoms with Crippen LogP contribution in [0, 0.1) is 0 Å². The molecule has 0 bridgehead atoms. The first kappa shape index (κ1) is 17.9. The third-order valence-electron chi connectivity index (χ3n) is 4.22. The first-order chi connectivity index (χ1) is 13.7. The smallest absolute Gasteiger partial charge is 0.322 e. The normalized spacial score (nSPS) is 10.6. The van der Waals surface area contributed by atoms with Gasteiger partial charge in [-0.1, -0.05) is 71.3 Å². The Balaban J connectivity index is 1.43. The minimum Gasteiger partial charge on any atom is -0.403 e. The lowest BCUT2D eigenvalue weighted by molar-refractivity contribution is 0.102. The molecule has 1 amide bonds. The summed E-state index contributed by atoms with van der Waals surface area (Å²) in [7, 11) is 0. The first-order valence-electron chi connectivity index (χ1n) is 8.72. The van der Waals surface area contributed by atoms with E-state index >= 15 is 0 Å². The van der Waals surface area contributed by atoms with Crippen LogP contribution in [0.15, 0.2) is 83.3 Å². The maximum atomic E-state index is 12.4. The Kier molecular flexibility index (Phi) is 5.17. The second-order valence-electron chi connectivity index (χ2n) is 6.21. The van der Waals surface area contributed by atoms with Crippen molar-refractivity contribution < 1.29 is 9.21 Å². The number of rotatable bonds is 5. The monoisotopic (exact) mass is 389 g/mol. The summed E-state index contributed by atoms with van der Waals surface area (Å²) in [5.41, 5.74) is 3.47. The number of amides is 1. The molecular formula is C22H16ClN3O2. The third-order valence-corrected chi connectivity index (χ3v) is 4.55. The third kappa shape index (κ3) is 4.10. The summed E-state index contributed by atoms with van der Waals surface area (Å²) in [6, 6.07) is 24.7. The average molecular weight is 390 g/mol. The van der Waals surface area contributed by atoms with Gasteiger partial charge < -0.3 is 4.42 Å². The Morgan fingerprint density at radius 1 is 0.857 bits per heavy atom. The topological polar surface area (TPSA) is 68.0 Å². The molecule has 0 radical (unpaired) electrons. The molecule has 138 valence electrons. The van der Waals surface area contributed by atoms with Crippen LogP contribution in [0.25, 0.3) is 11.5 Å². The molecule has 1 heterocycles. The van der Waals surface area contributed by atoms with E-state index in [2.05, 4.69) is 27.6 Å². The Morgan fingerprint density at radius 2 is 1.54 bits per heavy atom. The van der Waals surface area contributed by atoms with Gasteiger partial charge in [-0.25, -0.2) is 0 Å². The number of nitrogens with one attached hydrogen (secondary N) is 1. The first-order valence-corrected chi connectivity index (χ1v) is 9.09. The molecule has 1 aromatic heterocycles. The maximum absolute atomic E-state index is 12.4. The van der Waals surface area contributed by atoms with E-state index in [-0.39, 0.29) is 17.8 Å². The second-order valence-corrected chi connectivity index (χ2v) is 6.61. The molecule has 0 fully saturated rings. The fourth-order valence-electron chi connectivity index (χ4n) is 2.79. The van der Waals surface area contributed by atoms with Crippen molar-refractivity contribution >= 4 is 23.5 Å². The largest absolute Gasteiger partial charge is 0.403 e. The lowest BCUT2D eigenvalue weighted by Gasteiger charge is -2.04. The highest BCUT2D eigenvalue weighted by atomic mass is 35.5. The molecule has 3 aromatic carbocycles. The SMILES string of the molecule is O=C(Nc1nnc(-c2ccccc2Cl)o1)c1ccc(Cc2ccccc2)cc1. The van der Waals surface area contributed by atoms with Crippen LogP contribution in [0.4, 0.5) is 6.01 Å². The van der Waals surface area contributed by atoms with E-state index in [4.69, 9.17) is 16.0 Å². The van der Waals surface area contributed by atoms with Gasteiger partial charge >= 0.3 is 6.01 Å². The van der Waals surface area contributed by atoms with E-state index in [1.165, 1.54) is 5.56 Å². The quantitative estimate of drug-likeness (QED) is 0.507. The summed E-state index contributed by atoms with van der Waals surface area (Å²) < 4.78 is 5.51. The van der Waals surface area contributed by atoms with Crippen molar-refractivity contribution in [1.29, 1.82) is 0 Å². The highest BCUT2D eigenvalue weighted by Gasteiger charge is 2.14. The summed E-state index contributed by atoms with van der Waals surface area (Å²) in [5, 5.41) is 10.9. The Morgan fingerprint density at radius 3 is 2.29 bits per heavy atom. The second kappa shape index (κ2) is 8.06. The number of carbonyl (C=O) groups is 1. The summed E-state index contributed by atoms with van der Waals surface area (Å²) in [5.74, 6) is -0.0697. The van der Waals surface area contributed by atoms with E-state index in [0.29, 0.717) is 16.1 Å². The highest BCUT2D eigenvalue weighted by Crippen LogP contribution is 2.27. The Hall–Kier alpha value is -3.44. The van der Waals surface area contributed by atoms with Crippen molar-refractivity contribution in [3.05, 3.63) is 101 Å². The highest BCUT2D eigenvalue weighted by molar-refractivity contribution is 6.33. The van der Waals surface area contributed by atoms with E-state index in [1.54, 1.807) is 24.3 Å². The van der Waals surface area contributed by atoms with Crippen molar-refractivity contribution in [2.45, 2.75) is 6.42 Å². The minimum absolute atomic E-state index is 0.0216. The number of nitrogens with zero attached hydrogens (tertiary/aromatic N) is 2. The van der Waals surface area contributed by atoms with Crippen LogP contribution in [0.2, 0.25) is 5.02 Å². The molecule has 4 aromatic rings. The van der Waals surface area contributed by atoms with E-state index in [0.717, 1.165) is 12.0 Å². The Bertz CT molecular complexity index is 1090. The molecule has 0 spiro atoms. The lowest BCUT2D eigenvalue weighted by Crippen LogP contribution is -2.12. The van der Waals surface area contributed by atoms with Crippen LogP contribution >= 0.6 is 11.6 Å². The summed E-state index contributed by atoms with van der Waals surface area (Å²) in [4.78, 5) is 12.4. The van der Waals surface area contributed by atoms with Gasteiger partial charge in [0.1, 0.15) is 0 Å². The molecule has 0 aliphatic heterocycles. The predicted octanol–water partition coefficient (Wildman–Crippen LogP) is 5.23. The number of hydrogen-bond acceptors (Lipinski definition) is 4. The van der Waals surface area contributed by atoms with Gasteiger partial charge in [0.2, 0.25) is 0 Å². The molecule has 0 atom stereocenters. The van der Waals surface area contributed by atoms with Gasteiger partial charge in [-0.05, 0) is 41.8 Å². The molecule has 0 unspecified atom stereocenters. The fraction of sp³-hybridized carbons (Fsp3) is 0.0455. The van der Waals surface area contributed by atoms with Crippen molar-refractivity contribution in [3.8, 4) is 11.5 Å². The van der Waals surface area contributed by atoms with Crippen molar-refractivity contribution in [2.75, 3.05) is 5.32 Å². The molecular weight excluding hydrogens is 374 g/mol. The fourth-order valence-corrected chi connectivity index (χ4v) is 3.01. The van der Waals surface area contributed by atoms with Crippen molar-refractivity contribution in [1.82, 2.24) is 10.2 Å². The van der Waals surface area contributed by atoms with Gasteiger partial charge in [-0.2, -0.15) is 0 Å². The van der Waals surface area contributed by atoms with Gasteiger partial charge in [-0.3, -0.25) is 10.1 Å². The molecule has 28 heavy (non-hydrogen) atoms. The summed E-state index contributed by atoms with van der Waals surface area (Å²) >= 11 is 6.13. The standard InChI is InChI=1S/C22H16ClN3O2/c23-19-9-5-4-8-18(19)21-25-26-22(28-21)24-20(27)17-12-10-16(11-13-17)14-15-6-2-1-3-7-15/h1-13H,14H2,(H,24,26,27). The molecule has 0 aliphatic carbocycles. The van der Waals surface area contributed by atoms with Gasteiger partial charge in [0.05, 0.1) is 10.6 Å². The van der Waals surface area contributed by atoms with Gasteiger partial charge in [-0.15, -0.1) is 5.10 Å². The van der Waals surface area contributed by atoms with Crippen LogP contribution in [-0.2, 0) is 6.42 Å². The molecule has 0 saturated heterocycles. The molecule has 0 aliphatic rings. The zero-order chi connectivity index (χ0) is 19.3.